The number of thiazole rings is 1. The molecule has 0 saturated heterocycles. The first-order chi connectivity index (χ1) is 13.9. The van der Waals surface area contributed by atoms with E-state index in [4.69, 9.17) is 14.5 Å². The molecule has 2 heterocycles. The second kappa shape index (κ2) is 8.00. The smallest absolute Gasteiger partial charge is 0.260 e. The highest BCUT2D eigenvalue weighted by atomic mass is 32.1. The number of carbonyl (C=O) groups excluding carboxylic acids is 1. The Bertz CT molecular complexity index is 1060. The summed E-state index contributed by atoms with van der Waals surface area (Å²) in [6, 6.07) is 9.55. The fourth-order valence-electron chi connectivity index (χ4n) is 3.25. The molecular weight excluding hydrogens is 386 g/mol. The lowest BCUT2D eigenvalue weighted by atomic mass is 10.1. The number of hydrogen-bond donors (Lipinski definition) is 0. The van der Waals surface area contributed by atoms with Gasteiger partial charge in [0.1, 0.15) is 13.2 Å². The minimum atomic E-state index is -0.0859. The Morgan fingerprint density at radius 3 is 2.59 bits per heavy atom. The second-order valence-corrected chi connectivity index (χ2v) is 8.48. The molecule has 1 aliphatic rings. The maximum atomic E-state index is 13.5. The largest absolute Gasteiger partial charge is 0.486 e. The van der Waals surface area contributed by atoms with Crippen LogP contribution in [-0.4, -0.2) is 56.2 Å². The van der Waals surface area contributed by atoms with Gasteiger partial charge in [0.25, 0.3) is 5.91 Å². The lowest BCUT2D eigenvalue weighted by Gasteiger charge is -2.23. The van der Waals surface area contributed by atoms with E-state index in [1.54, 1.807) is 34.4 Å². The van der Waals surface area contributed by atoms with Gasteiger partial charge in [-0.15, -0.1) is 0 Å². The van der Waals surface area contributed by atoms with Crippen LogP contribution in [0.5, 0.6) is 11.5 Å². The van der Waals surface area contributed by atoms with Gasteiger partial charge in [-0.1, -0.05) is 17.4 Å². The van der Waals surface area contributed by atoms with Crippen LogP contribution in [0.4, 0.5) is 5.13 Å². The highest BCUT2D eigenvalue weighted by Gasteiger charge is 2.24. The normalized spacial score (nSPS) is 13.1. The Morgan fingerprint density at radius 2 is 1.83 bits per heavy atom. The van der Waals surface area contributed by atoms with E-state index in [1.165, 1.54) is 5.56 Å². The molecule has 0 saturated carbocycles. The van der Waals surface area contributed by atoms with Crippen LogP contribution in [-0.2, 0) is 0 Å². The van der Waals surface area contributed by atoms with Gasteiger partial charge in [-0.05, 0) is 63.3 Å². The molecule has 0 radical (unpaired) electrons. The van der Waals surface area contributed by atoms with Gasteiger partial charge < -0.3 is 14.4 Å². The zero-order chi connectivity index (χ0) is 20.5. The van der Waals surface area contributed by atoms with E-state index in [9.17, 15) is 4.79 Å². The van der Waals surface area contributed by atoms with Gasteiger partial charge in [0.2, 0.25) is 0 Å². The number of aromatic nitrogens is 1. The van der Waals surface area contributed by atoms with E-state index < -0.39 is 0 Å². The van der Waals surface area contributed by atoms with Gasteiger partial charge in [-0.2, -0.15) is 0 Å². The predicted octanol–water partition coefficient (Wildman–Crippen LogP) is 3.89. The first-order valence-electron chi connectivity index (χ1n) is 9.67. The first-order valence-corrected chi connectivity index (χ1v) is 10.5. The quantitative estimate of drug-likeness (QED) is 0.638. The third-order valence-electron chi connectivity index (χ3n) is 5.11. The number of carbonyl (C=O) groups is 1. The molecule has 4 rings (SSSR count). The highest BCUT2D eigenvalue weighted by molar-refractivity contribution is 7.22. The van der Waals surface area contributed by atoms with Crippen LogP contribution in [0.25, 0.3) is 10.2 Å². The fraction of sp³-hybridized carbons (Fsp3) is 0.364. The topological polar surface area (TPSA) is 54.9 Å². The van der Waals surface area contributed by atoms with Crippen molar-refractivity contribution in [2.24, 2.45) is 0 Å². The zero-order valence-electron chi connectivity index (χ0n) is 17.2. The van der Waals surface area contributed by atoms with Crippen molar-refractivity contribution >= 4 is 32.6 Å². The van der Waals surface area contributed by atoms with Crippen LogP contribution < -0.4 is 14.4 Å². The van der Waals surface area contributed by atoms with Crippen molar-refractivity contribution in [2.75, 3.05) is 45.3 Å². The molecule has 0 unspecified atom stereocenters. The molecule has 2 aromatic carbocycles. The summed E-state index contributed by atoms with van der Waals surface area (Å²) in [7, 11) is 4.00. The Kier molecular flexibility index (Phi) is 5.43. The lowest BCUT2D eigenvalue weighted by molar-refractivity contribution is 0.0984. The molecule has 1 aliphatic heterocycles. The maximum Gasteiger partial charge on any atom is 0.260 e. The summed E-state index contributed by atoms with van der Waals surface area (Å²) in [4.78, 5) is 22.1. The number of rotatable bonds is 5. The molecule has 0 spiro atoms. The fourth-order valence-corrected chi connectivity index (χ4v) is 4.30. The molecule has 0 atom stereocenters. The van der Waals surface area contributed by atoms with E-state index in [0.29, 0.717) is 36.8 Å². The molecule has 6 nitrogen and oxygen atoms in total. The standard InChI is InChI=1S/C22H25N3O3S/c1-14-5-8-19-20(15(14)2)23-22(29-19)25(10-9-24(3)4)21(26)16-6-7-17-18(13-16)28-12-11-27-17/h5-8,13H,9-12H2,1-4H3. The summed E-state index contributed by atoms with van der Waals surface area (Å²) in [5.74, 6) is 1.21. The van der Waals surface area contributed by atoms with E-state index in [2.05, 4.69) is 30.9 Å². The number of ether oxygens (including phenoxy) is 2. The second-order valence-electron chi connectivity index (χ2n) is 7.47. The molecule has 152 valence electrons. The number of aryl methyl sites for hydroxylation is 2. The van der Waals surface area contributed by atoms with Gasteiger partial charge in [-0.3, -0.25) is 9.69 Å². The van der Waals surface area contributed by atoms with Gasteiger partial charge in [-0.25, -0.2) is 4.98 Å². The molecule has 0 aliphatic carbocycles. The third kappa shape index (κ3) is 3.93. The van der Waals surface area contributed by atoms with Crippen molar-refractivity contribution in [1.29, 1.82) is 0 Å². The molecule has 29 heavy (non-hydrogen) atoms. The van der Waals surface area contributed by atoms with Crippen LogP contribution in [0.3, 0.4) is 0 Å². The number of fused-ring (bicyclic) bond motifs is 2. The van der Waals surface area contributed by atoms with E-state index in [-0.39, 0.29) is 5.91 Å². The van der Waals surface area contributed by atoms with Crippen LogP contribution in [0.1, 0.15) is 21.5 Å². The Labute approximate surface area is 174 Å². The summed E-state index contributed by atoms with van der Waals surface area (Å²) < 4.78 is 12.3. The van der Waals surface area contributed by atoms with Crippen LogP contribution in [0, 0.1) is 13.8 Å². The third-order valence-corrected chi connectivity index (χ3v) is 6.15. The van der Waals surface area contributed by atoms with Gasteiger partial charge in [0, 0.05) is 18.7 Å². The molecule has 0 N–H and O–H groups in total. The van der Waals surface area contributed by atoms with Gasteiger partial charge >= 0.3 is 0 Å². The monoisotopic (exact) mass is 411 g/mol. The number of nitrogens with zero attached hydrogens (tertiary/aromatic N) is 3. The van der Waals surface area contributed by atoms with E-state index in [1.807, 2.05) is 14.1 Å². The van der Waals surface area contributed by atoms with Gasteiger partial charge in [0.15, 0.2) is 16.6 Å². The summed E-state index contributed by atoms with van der Waals surface area (Å²) in [6.07, 6.45) is 0. The number of benzene rings is 2. The van der Waals surface area contributed by atoms with Crippen molar-refractivity contribution in [3.05, 3.63) is 47.0 Å². The lowest BCUT2D eigenvalue weighted by Crippen LogP contribution is -2.36. The van der Waals surface area contributed by atoms with Crippen molar-refractivity contribution in [3.8, 4) is 11.5 Å². The Balaban J connectivity index is 1.72. The van der Waals surface area contributed by atoms with Crippen molar-refractivity contribution in [1.82, 2.24) is 9.88 Å². The summed E-state index contributed by atoms with van der Waals surface area (Å²) in [5.41, 5.74) is 3.90. The molecule has 1 aromatic heterocycles. The Morgan fingerprint density at radius 1 is 1.07 bits per heavy atom. The van der Waals surface area contributed by atoms with E-state index in [0.717, 1.165) is 27.5 Å². The van der Waals surface area contributed by atoms with Crippen LogP contribution in [0.15, 0.2) is 30.3 Å². The van der Waals surface area contributed by atoms with Crippen LogP contribution in [0.2, 0.25) is 0 Å². The number of hydrogen-bond acceptors (Lipinski definition) is 6. The summed E-state index contributed by atoms with van der Waals surface area (Å²) >= 11 is 1.55. The molecule has 1 amide bonds. The zero-order valence-corrected chi connectivity index (χ0v) is 18.0. The molecule has 0 fully saturated rings. The average Bonchev–Trinajstić information content (AvgIpc) is 3.15. The molecule has 7 heteroatoms. The maximum absolute atomic E-state index is 13.5. The number of anilines is 1. The molecule has 0 bridgehead atoms. The minimum absolute atomic E-state index is 0.0859. The predicted molar refractivity (Wildman–Crippen MR) is 117 cm³/mol. The number of amides is 1. The molecular formula is C22H25N3O3S. The van der Waals surface area contributed by atoms with Crippen molar-refractivity contribution < 1.29 is 14.3 Å². The van der Waals surface area contributed by atoms with Crippen molar-refractivity contribution in [2.45, 2.75) is 13.8 Å². The number of likely N-dealkylation sites (N-methyl/N-ethyl adjacent to an activating group) is 1. The van der Waals surface area contributed by atoms with Crippen LogP contribution >= 0.6 is 11.3 Å². The minimum Gasteiger partial charge on any atom is -0.486 e. The SMILES string of the molecule is Cc1ccc2sc(N(CCN(C)C)C(=O)c3ccc4c(c3)OCCO4)nc2c1C. The van der Waals surface area contributed by atoms with Gasteiger partial charge in [0.05, 0.1) is 10.2 Å². The summed E-state index contributed by atoms with van der Waals surface area (Å²) in [6.45, 7) is 6.47. The average molecular weight is 412 g/mol. The molecule has 3 aromatic rings. The van der Waals surface area contributed by atoms with E-state index >= 15 is 0 Å². The Hall–Kier alpha value is -2.64. The highest BCUT2D eigenvalue weighted by Crippen LogP contribution is 2.34. The van der Waals surface area contributed by atoms with Crippen molar-refractivity contribution in [3.63, 3.8) is 0 Å². The summed E-state index contributed by atoms with van der Waals surface area (Å²) in [5, 5.41) is 0.718. The first kappa shape index (κ1) is 19.7.